The van der Waals surface area contributed by atoms with Crippen LogP contribution < -0.4 is 5.32 Å². The maximum Gasteiger partial charge on any atom is 0.284 e. The van der Waals surface area contributed by atoms with Crippen molar-refractivity contribution in [1.82, 2.24) is 5.32 Å². The Morgan fingerprint density at radius 1 is 1.53 bits per heavy atom. The summed E-state index contributed by atoms with van der Waals surface area (Å²) in [6.07, 6.45) is 2.05. The highest BCUT2D eigenvalue weighted by atomic mass is 79.9. The normalized spacial score (nSPS) is 18.9. The summed E-state index contributed by atoms with van der Waals surface area (Å²) in [5.41, 5.74) is 0.218. The summed E-state index contributed by atoms with van der Waals surface area (Å²) in [5, 5.41) is 13.8. The molecule has 1 fully saturated rings. The molecule has 1 saturated heterocycles. The SMILES string of the molecule is O=C(NC1CCCSC1)c1cccc([N+](=O)[O-])c1Br. The lowest BCUT2D eigenvalue weighted by Crippen LogP contribution is -2.38. The number of hydrogen-bond acceptors (Lipinski definition) is 4. The molecule has 0 saturated carbocycles. The molecule has 1 aliphatic heterocycles. The molecular weight excluding hydrogens is 332 g/mol. The second kappa shape index (κ2) is 6.38. The van der Waals surface area contributed by atoms with Crippen molar-refractivity contribution < 1.29 is 9.72 Å². The van der Waals surface area contributed by atoms with Crippen LogP contribution in [0.25, 0.3) is 0 Å². The molecule has 1 atom stereocenters. The number of thioether (sulfide) groups is 1. The van der Waals surface area contributed by atoms with E-state index in [1.165, 1.54) is 12.1 Å². The van der Waals surface area contributed by atoms with Gasteiger partial charge in [0.2, 0.25) is 0 Å². The summed E-state index contributed by atoms with van der Waals surface area (Å²) < 4.78 is 0.237. The second-order valence-corrected chi connectivity index (χ2v) is 6.23. The Balaban J connectivity index is 2.14. The van der Waals surface area contributed by atoms with E-state index in [1.54, 1.807) is 6.07 Å². The molecule has 1 aliphatic rings. The van der Waals surface area contributed by atoms with Gasteiger partial charge in [-0.1, -0.05) is 6.07 Å². The van der Waals surface area contributed by atoms with Gasteiger partial charge in [0.15, 0.2) is 0 Å². The fourth-order valence-electron chi connectivity index (χ4n) is 1.95. The first-order chi connectivity index (χ1) is 9.09. The quantitative estimate of drug-likeness (QED) is 0.675. The minimum absolute atomic E-state index is 0.0920. The van der Waals surface area contributed by atoms with Gasteiger partial charge in [-0.05, 0) is 40.6 Å². The van der Waals surface area contributed by atoms with Gasteiger partial charge in [-0.15, -0.1) is 0 Å². The first kappa shape index (κ1) is 14.3. The van der Waals surface area contributed by atoms with Gasteiger partial charge in [0, 0.05) is 17.9 Å². The number of nitrogens with one attached hydrogen (secondary N) is 1. The highest BCUT2D eigenvalue weighted by Gasteiger charge is 2.22. The largest absolute Gasteiger partial charge is 0.348 e. The molecular formula is C12H13BrN2O3S. The van der Waals surface area contributed by atoms with Gasteiger partial charge >= 0.3 is 0 Å². The van der Waals surface area contributed by atoms with E-state index in [9.17, 15) is 14.9 Å². The molecule has 1 unspecified atom stereocenters. The van der Waals surface area contributed by atoms with Crippen LogP contribution in [0.4, 0.5) is 5.69 Å². The molecule has 7 heteroatoms. The van der Waals surface area contributed by atoms with Crippen molar-refractivity contribution >= 4 is 39.3 Å². The first-order valence-electron chi connectivity index (χ1n) is 5.91. The number of nitrogens with zero attached hydrogens (tertiary/aromatic N) is 1. The summed E-state index contributed by atoms with van der Waals surface area (Å²) in [7, 11) is 0. The Kier molecular flexibility index (Phi) is 4.81. The molecule has 1 aromatic rings. The Labute approximate surface area is 123 Å². The Bertz CT molecular complexity index is 504. The number of rotatable bonds is 3. The summed E-state index contributed by atoms with van der Waals surface area (Å²) in [5.74, 6) is 1.77. The lowest BCUT2D eigenvalue weighted by Gasteiger charge is -2.22. The van der Waals surface area contributed by atoms with Crippen LogP contribution in [0.2, 0.25) is 0 Å². The predicted molar refractivity (Wildman–Crippen MR) is 78.6 cm³/mol. The number of amides is 1. The Morgan fingerprint density at radius 2 is 2.32 bits per heavy atom. The van der Waals surface area contributed by atoms with Crippen LogP contribution in [-0.4, -0.2) is 28.4 Å². The van der Waals surface area contributed by atoms with E-state index >= 15 is 0 Å². The summed E-state index contributed by atoms with van der Waals surface area (Å²) >= 11 is 4.96. The maximum absolute atomic E-state index is 12.1. The molecule has 0 spiro atoms. The molecule has 0 bridgehead atoms. The standard InChI is InChI=1S/C12H13BrN2O3S/c13-11-9(4-1-5-10(11)15(17)18)12(16)14-8-3-2-6-19-7-8/h1,4-5,8H,2-3,6-7H2,(H,14,16). The van der Waals surface area contributed by atoms with Crippen molar-refractivity contribution in [2.24, 2.45) is 0 Å². The maximum atomic E-state index is 12.1. The molecule has 2 rings (SSSR count). The third kappa shape index (κ3) is 3.48. The minimum atomic E-state index is -0.503. The van der Waals surface area contributed by atoms with E-state index < -0.39 is 4.92 Å². The van der Waals surface area contributed by atoms with Crippen molar-refractivity contribution in [3.63, 3.8) is 0 Å². The van der Waals surface area contributed by atoms with Gasteiger partial charge in [0.05, 0.1) is 10.5 Å². The molecule has 1 N–H and O–H groups in total. The van der Waals surface area contributed by atoms with E-state index in [-0.39, 0.29) is 22.1 Å². The molecule has 0 radical (unpaired) electrons. The minimum Gasteiger partial charge on any atom is -0.348 e. The van der Waals surface area contributed by atoms with Gasteiger partial charge in [-0.2, -0.15) is 11.8 Å². The number of nitro groups is 1. The van der Waals surface area contributed by atoms with Crippen LogP contribution in [0.3, 0.4) is 0 Å². The van der Waals surface area contributed by atoms with Crippen LogP contribution in [0, 0.1) is 10.1 Å². The van der Waals surface area contributed by atoms with Crippen LogP contribution in [-0.2, 0) is 0 Å². The monoisotopic (exact) mass is 344 g/mol. The number of hydrogen-bond donors (Lipinski definition) is 1. The second-order valence-electron chi connectivity index (χ2n) is 4.28. The fourth-order valence-corrected chi connectivity index (χ4v) is 3.62. The zero-order valence-electron chi connectivity index (χ0n) is 10.1. The van der Waals surface area contributed by atoms with Gasteiger partial charge in [-0.3, -0.25) is 14.9 Å². The molecule has 1 heterocycles. The van der Waals surface area contributed by atoms with Gasteiger partial charge in [0.1, 0.15) is 4.47 Å². The molecule has 1 amide bonds. The Hall–Kier alpha value is -1.08. The van der Waals surface area contributed by atoms with Crippen LogP contribution in [0.15, 0.2) is 22.7 Å². The first-order valence-corrected chi connectivity index (χ1v) is 7.86. The molecule has 19 heavy (non-hydrogen) atoms. The summed E-state index contributed by atoms with van der Waals surface area (Å²) in [4.78, 5) is 22.5. The average Bonchev–Trinajstić information content (AvgIpc) is 2.39. The van der Waals surface area contributed by atoms with Crippen molar-refractivity contribution in [1.29, 1.82) is 0 Å². The van der Waals surface area contributed by atoms with Crippen LogP contribution in [0.1, 0.15) is 23.2 Å². The van der Waals surface area contributed by atoms with Crippen molar-refractivity contribution in [3.8, 4) is 0 Å². The third-order valence-electron chi connectivity index (χ3n) is 2.92. The molecule has 0 aliphatic carbocycles. The number of carbonyl (C=O) groups excluding carboxylic acids is 1. The van der Waals surface area contributed by atoms with Crippen molar-refractivity contribution in [2.75, 3.05) is 11.5 Å². The lowest BCUT2D eigenvalue weighted by atomic mass is 10.1. The Morgan fingerprint density at radius 3 is 2.95 bits per heavy atom. The smallest absolute Gasteiger partial charge is 0.284 e. The molecule has 0 aromatic heterocycles. The number of benzene rings is 1. The third-order valence-corrected chi connectivity index (χ3v) is 4.96. The summed E-state index contributed by atoms with van der Waals surface area (Å²) in [6, 6.07) is 4.63. The molecule has 5 nitrogen and oxygen atoms in total. The zero-order valence-corrected chi connectivity index (χ0v) is 12.5. The number of halogens is 1. The van der Waals surface area contributed by atoms with Gasteiger partial charge in [0.25, 0.3) is 11.6 Å². The molecule has 102 valence electrons. The number of nitro benzene ring substituents is 1. The average molecular weight is 345 g/mol. The van der Waals surface area contributed by atoms with Gasteiger partial charge < -0.3 is 5.32 Å². The van der Waals surface area contributed by atoms with E-state index in [1.807, 2.05) is 11.8 Å². The lowest BCUT2D eigenvalue weighted by molar-refractivity contribution is -0.385. The highest BCUT2D eigenvalue weighted by molar-refractivity contribution is 9.10. The predicted octanol–water partition coefficient (Wildman–Crippen LogP) is 2.98. The molecule has 1 aromatic carbocycles. The van der Waals surface area contributed by atoms with Gasteiger partial charge in [-0.25, -0.2) is 0 Å². The van der Waals surface area contributed by atoms with Crippen molar-refractivity contribution in [3.05, 3.63) is 38.3 Å². The zero-order chi connectivity index (χ0) is 13.8. The van der Waals surface area contributed by atoms with E-state index in [4.69, 9.17) is 0 Å². The van der Waals surface area contributed by atoms with E-state index in [0.29, 0.717) is 5.56 Å². The summed E-state index contributed by atoms with van der Waals surface area (Å²) in [6.45, 7) is 0. The topological polar surface area (TPSA) is 72.2 Å². The van der Waals surface area contributed by atoms with E-state index in [0.717, 1.165) is 24.3 Å². The van der Waals surface area contributed by atoms with Crippen molar-refractivity contribution in [2.45, 2.75) is 18.9 Å². The number of carbonyl (C=O) groups is 1. The van der Waals surface area contributed by atoms with Crippen LogP contribution in [0.5, 0.6) is 0 Å². The van der Waals surface area contributed by atoms with E-state index in [2.05, 4.69) is 21.2 Å². The fraction of sp³-hybridized carbons (Fsp3) is 0.417. The highest BCUT2D eigenvalue weighted by Crippen LogP contribution is 2.28. The van der Waals surface area contributed by atoms with Crippen LogP contribution >= 0.6 is 27.7 Å².